The van der Waals surface area contributed by atoms with Crippen molar-refractivity contribution < 1.29 is 14.3 Å². The molecule has 0 aliphatic carbocycles. The quantitative estimate of drug-likeness (QED) is 0.663. The van der Waals surface area contributed by atoms with Crippen molar-refractivity contribution in [2.75, 3.05) is 67.6 Å². The number of hydrogen-bond acceptors (Lipinski definition) is 8. The number of amides is 2. The van der Waals surface area contributed by atoms with Gasteiger partial charge in [-0.3, -0.25) is 14.5 Å². The van der Waals surface area contributed by atoms with Gasteiger partial charge < -0.3 is 19.4 Å². The van der Waals surface area contributed by atoms with Gasteiger partial charge in [0, 0.05) is 69.9 Å². The van der Waals surface area contributed by atoms with Crippen LogP contribution in [0.5, 0.6) is 5.75 Å². The minimum atomic E-state index is 0.0668. The van der Waals surface area contributed by atoms with Gasteiger partial charge in [0.15, 0.2) is 0 Å². The monoisotopic (exact) mass is 470 g/mol. The molecule has 176 valence electrons. The number of piperidine rings is 1. The van der Waals surface area contributed by atoms with Crippen LogP contribution in [0.3, 0.4) is 0 Å². The van der Waals surface area contributed by atoms with Crippen LogP contribution in [0.1, 0.15) is 25.7 Å². The standard InChI is InChI=1S/C23H30N6O3S/c1-32-19-5-2-4-18(16-19)26-12-14-27(15-13-26)21(31)17-7-10-28(11-8-17)22-24-25-23(33-22)29-9-3-6-20(29)30/h2,4-5,16-17H,3,6-15H2,1H3. The van der Waals surface area contributed by atoms with E-state index in [1.165, 1.54) is 11.3 Å². The molecule has 1 aromatic heterocycles. The van der Waals surface area contributed by atoms with Crippen LogP contribution in [-0.4, -0.2) is 79.8 Å². The normalized spacial score (nSPS) is 20.0. The number of methoxy groups -OCH3 is 1. The highest BCUT2D eigenvalue weighted by Gasteiger charge is 2.32. The number of anilines is 3. The van der Waals surface area contributed by atoms with E-state index in [4.69, 9.17) is 4.74 Å². The van der Waals surface area contributed by atoms with Crippen molar-refractivity contribution in [3.05, 3.63) is 24.3 Å². The predicted octanol–water partition coefficient (Wildman–Crippen LogP) is 2.24. The van der Waals surface area contributed by atoms with Crippen LogP contribution in [-0.2, 0) is 9.59 Å². The van der Waals surface area contributed by atoms with Gasteiger partial charge in [0.25, 0.3) is 0 Å². The Morgan fingerprint density at radius 1 is 1.00 bits per heavy atom. The van der Waals surface area contributed by atoms with E-state index in [1.807, 2.05) is 23.1 Å². The van der Waals surface area contributed by atoms with Crippen LogP contribution in [0.15, 0.2) is 24.3 Å². The number of rotatable bonds is 5. The summed E-state index contributed by atoms with van der Waals surface area (Å²) in [6, 6.07) is 8.09. The molecule has 3 fully saturated rings. The average Bonchev–Trinajstić information content (AvgIpc) is 3.53. The van der Waals surface area contributed by atoms with E-state index in [1.54, 1.807) is 12.0 Å². The lowest BCUT2D eigenvalue weighted by Crippen LogP contribution is -2.51. The number of aromatic nitrogens is 2. The first-order valence-corrected chi connectivity index (χ1v) is 12.5. The summed E-state index contributed by atoms with van der Waals surface area (Å²) >= 11 is 1.48. The van der Waals surface area contributed by atoms with Crippen molar-refractivity contribution >= 4 is 39.1 Å². The van der Waals surface area contributed by atoms with Crippen LogP contribution in [0.4, 0.5) is 16.0 Å². The molecular formula is C23H30N6O3S. The van der Waals surface area contributed by atoms with E-state index in [9.17, 15) is 9.59 Å². The number of piperazine rings is 1. The summed E-state index contributed by atoms with van der Waals surface area (Å²) in [4.78, 5) is 33.4. The Morgan fingerprint density at radius 3 is 2.45 bits per heavy atom. The summed E-state index contributed by atoms with van der Waals surface area (Å²) in [5.41, 5.74) is 1.14. The molecule has 9 nitrogen and oxygen atoms in total. The van der Waals surface area contributed by atoms with Gasteiger partial charge in [-0.25, -0.2) is 0 Å². The summed E-state index contributed by atoms with van der Waals surface area (Å²) in [5.74, 6) is 1.33. The maximum absolute atomic E-state index is 13.2. The van der Waals surface area contributed by atoms with Crippen LogP contribution in [0, 0.1) is 5.92 Å². The van der Waals surface area contributed by atoms with Crippen LogP contribution >= 0.6 is 11.3 Å². The van der Waals surface area contributed by atoms with Gasteiger partial charge in [0.2, 0.25) is 22.1 Å². The molecule has 33 heavy (non-hydrogen) atoms. The average molecular weight is 471 g/mol. The first-order chi connectivity index (χ1) is 16.1. The molecule has 10 heteroatoms. The highest BCUT2D eigenvalue weighted by molar-refractivity contribution is 7.19. The number of carbonyl (C=O) groups excluding carboxylic acids is 2. The third-order valence-electron chi connectivity index (χ3n) is 6.83. The first-order valence-electron chi connectivity index (χ1n) is 11.7. The maximum atomic E-state index is 13.2. The SMILES string of the molecule is COc1cccc(N2CCN(C(=O)C3CCN(c4nnc(N5CCCC5=O)s4)CC3)CC2)c1. The molecule has 3 aliphatic rings. The summed E-state index contributed by atoms with van der Waals surface area (Å²) in [6.07, 6.45) is 3.13. The molecule has 0 spiro atoms. The predicted molar refractivity (Wildman–Crippen MR) is 128 cm³/mol. The molecule has 4 heterocycles. The fourth-order valence-electron chi connectivity index (χ4n) is 4.86. The zero-order chi connectivity index (χ0) is 22.8. The molecule has 0 radical (unpaired) electrons. The number of hydrogen-bond donors (Lipinski definition) is 0. The molecule has 0 saturated carbocycles. The smallest absolute Gasteiger partial charge is 0.228 e. The second kappa shape index (κ2) is 9.54. The Labute approximate surface area is 197 Å². The third kappa shape index (κ3) is 4.62. The van der Waals surface area contributed by atoms with Gasteiger partial charge in [0.05, 0.1) is 7.11 Å². The summed E-state index contributed by atoms with van der Waals surface area (Å²) in [6.45, 7) is 5.49. The second-order valence-electron chi connectivity index (χ2n) is 8.79. The van der Waals surface area contributed by atoms with Crippen molar-refractivity contribution in [1.29, 1.82) is 0 Å². The molecular weight excluding hydrogens is 440 g/mol. The first kappa shape index (κ1) is 21.9. The third-order valence-corrected chi connectivity index (χ3v) is 7.84. The summed E-state index contributed by atoms with van der Waals surface area (Å²) in [5, 5.41) is 10.1. The van der Waals surface area contributed by atoms with E-state index in [0.717, 1.165) is 81.6 Å². The van der Waals surface area contributed by atoms with Gasteiger partial charge in [-0.2, -0.15) is 0 Å². The van der Waals surface area contributed by atoms with Gasteiger partial charge in [-0.05, 0) is 31.4 Å². The Bertz CT molecular complexity index is 998. The molecule has 3 saturated heterocycles. The van der Waals surface area contributed by atoms with Crippen molar-refractivity contribution in [2.24, 2.45) is 5.92 Å². The van der Waals surface area contributed by atoms with Crippen LogP contribution < -0.4 is 19.4 Å². The summed E-state index contributed by atoms with van der Waals surface area (Å²) in [7, 11) is 1.68. The van der Waals surface area contributed by atoms with E-state index in [-0.39, 0.29) is 17.7 Å². The van der Waals surface area contributed by atoms with E-state index >= 15 is 0 Å². The fourth-order valence-corrected chi connectivity index (χ4v) is 5.80. The molecule has 0 bridgehead atoms. The number of carbonyl (C=O) groups is 2. The van der Waals surface area contributed by atoms with Gasteiger partial charge >= 0.3 is 0 Å². The molecule has 0 unspecified atom stereocenters. The van der Waals surface area contributed by atoms with Gasteiger partial charge in [-0.1, -0.05) is 17.4 Å². The summed E-state index contributed by atoms with van der Waals surface area (Å²) < 4.78 is 5.34. The maximum Gasteiger partial charge on any atom is 0.228 e. The lowest BCUT2D eigenvalue weighted by atomic mass is 9.95. The molecule has 2 amide bonds. The van der Waals surface area contributed by atoms with Crippen molar-refractivity contribution in [1.82, 2.24) is 15.1 Å². The van der Waals surface area contributed by atoms with Crippen LogP contribution in [0.2, 0.25) is 0 Å². The molecule has 1 aromatic carbocycles. The van der Waals surface area contributed by atoms with Crippen LogP contribution in [0.25, 0.3) is 0 Å². The van der Waals surface area contributed by atoms with Crippen molar-refractivity contribution in [3.8, 4) is 5.75 Å². The van der Waals surface area contributed by atoms with E-state index in [2.05, 4.69) is 26.1 Å². The van der Waals surface area contributed by atoms with Gasteiger partial charge in [0.1, 0.15) is 5.75 Å². The fraction of sp³-hybridized carbons (Fsp3) is 0.565. The number of benzene rings is 1. The van der Waals surface area contributed by atoms with Crippen molar-refractivity contribution in [3.63, 3.8) is 0 Å². The molecule has 0 N–H and O–H groups in total. The Balaban J connectivity index is 1.12. The zero-order valence-electron chi connectivity index (χ0n) is 19.0. The van der Waals surface area contributed by atoms with E-state index < -0.39 is 0 Å². The zero-order valence-corrected chi connectivity index (χ0v) is 19.8. The second-order valence-corrected chi connectivity index (χ2v) is 9.73. The van der Waals surface area contributed by atoms with Crippen molar-refractivity contribution in [2.45, 2.75) is 25.7 Å². The largest absolute Gasteiger partial charge is 0.497 e. The Hall–Kier alpha value is -2.88. The van der Waals surface area contributed by atoms with Gasteiger partial charge in [-0.15, -0.1) is 10.2 Å². The lowest BCUT2D eigenvalue weighted by molar-refractivity contribution is -0.136. The Morgan fingerprint density at radius 2 is 1.76 bits per heavy atom. The highest BCUT2D eigenvalue weighted by atomic mass is 32.1. The minimum Gasteiger partial charge on any atom is -0.497 e. The number of ether oxygens (including phenoxy) is 1. The molecule has 0 atom stereocenters. The molecule has 2 aromatic rings. The van der Waals surface area contributed by atoms with E-state index in [0.29, 0.717) is 11.6 Å². The Kier molecular flexibility index (Phi) is 6.34. The number of nitrogens with zero attached hydrogens (tertiary/aromatic N) is 6. The highest BCUT2D eigenvalue weighted by Crippen LogP contribution is 2.32. The molecule has 3 aliphatic heterocycles. The minimum absolute atomic E-state index is 0.0668. The lowest BCUT2D eigenvalue weighted by Gasteiger charge is -2.39. The molecule has 5 rings (SSSR count). The topological polar surface area (TPSA) is 82.1 Å².